The Morgan fingerprint density at radius 3 is 2.56 bits per heavy atom. The number of benzene rings is 2. The fourth-order valence-electron chi connectivity index (χ4n) is 2.64. The third kappa shape index (κ3) is 3.16. The van der Waals surface area contributed by atoms with Gasteiger partial charge in [-0.05, 0) is 55.1 Å². The van der Waals surface area contributed by atoms with Crippen molar-refractivity contribution < 1.29 is 18.3 Å². The van der Waals surface area contributed by atoms with Crippen LogP contribution in [0.5, 0.6) is 5.75 Å². The molecule has 1 amide bonds. The first kappa shape index (κ1) is 16.8. The number of anilines is 1. The number of hydrogen-bond donors (Lipinski definition) is 4. The number of aromatic nitrogens is 1. The van der Waals surface area contributed by atoms with Gasteiger partial charge in [0.2, 0.25) is 0 Å². The number of carbonyl (C=O) groups is 1. The summed E-state index contributed by atoms with van der Waals surface area (Å²) >= 11 is 0. The van der Waals surface area contributed by atoms with Crippen LogP contribution in [0.4, 0.5) is 5.69 Å². The minimum Gasteiger partial charge on any atom is -0.507 e. The van der Waals surface area contributed by atoms with Crippen LogP contribution in [0, 0.1) is 13.8 Å². The van der Waals surface area contributed by atoms with E-state index in [4.69, 9.17) is 5.73 Å². The Morgan fingerprint density at radius 1 is 1.16 bits per heavy atom. The zero-order valence-electron chi connectivity index (χ0n) is 13.6. The molecule has 0 saturated carbocycles. The Bertz CT molecular complexity index is 1100. The molecule has 2 aromatic carbocycles. The number of nitrogens with one attached hydrogen (secondary N) is 2. The Morgan fingerprint density at radius 2 is 1.88 bits per heavy atom. The lowest BCUT2D eigenvalue weighted by Gasteiger charge is -2.11. The van der Waals surface area contributed by atoms with Gasteiger partial charge in [0.1, 0.15) is 5.75 Å². The molecule has 0 saturated heterocycles. The lowest BCUT2D eigenvalue weighted by molar-refractivity contribution is 0.0997. The number of carbonyl (C=O) groups excluding carboxylic acids is 1. The van der Waals surface area contributed by atoms with Gasteiger partial charge in [0.05, 0.1) is 16.1 Å². The number of aromatic hydroxyl groups is 1. The van der Waals surface area contributed by atoms with E-state index in [9.17, 15) is 18.3 Å². The highest BCUT2D eigenvalue weighted by Crippen LogP contribution is 2.28. The number of rotatable bonds is 4. The lowest BCUT2D eigenvalue weighted by Crippen LogP contribution is -2.16. The monoisotopic (exact) mass is 359 g/mol. The maximum absolute atomic E-state index is 12.6. The Hall–Kier alpha value is -3.00. The van der Waals surface area contributed by atoms with E-state index in [1.54, 1.807) is 18.2 Å². The van der Waals surface area contributed by atoms with E-state index in [-0.39, 0.29) is 21.8 Å². The molecule has 1 aromatic heterocycles. The molecule has 0 aliphatic rings. The summed E-state index contributed by atoms with van der Waals surface area (Å²) in [5.41, 5.74) is 7.34. The van der Waals surface area contributed by atoms with Crippen LogP contribution in [0.3, 0.4) is 0 Å². The molecule has 0 spiro atoms. The number of aryl methyl sites for hydroxylation is 2. The maximum atomic E-state index is 12.6. The van der Waals surface area contributed by atoms with Crippen LogP contribution in [-0.2, 0) is 10.0 Å². The average Bonchev–Trinajstić information content (AvgIpc) is 2.88. The Kier molecular flexibility index (Phi) is 3.92. The van der Waals surface area contributed by atoms with Crippen molar-refractivity contribution in [2.75, 3.05) is 4.72 Å². The van der Waals surface area contributed by atoms with Crippen molar-refractivity contribution in [2.24, 2.45) is 5.73 Å². The smallest absolute Gasteiger partial charge is 0.261 e. The average molecular weight is 359 g/mol. The summed E-state index contributed by atoms with van der Waals surface area (Å²) in [6, 6.07) is 9.42. The van der Waals surface area contributed by atoms with Crippen molar-refractivity contribution in [3.05, 3.63) is 53.2 Å². The molecule has 0 atom stereocenters. The molecule has 8 heteroatoms. The van der Waals surface area contributed by atoms with Crippen molar-refractivity contribution in [3.8, 4) is 5.75 Å². The molecule has 5 N–H and O–H groups in total. The number of nitrogens with two attached hydrogens (primary N) is 1. The van der Waals surface area contributed by atoms with Crippen molar-refractivity contribution >= 4 is 32.5 Å². The van der Waals surface area contributed by atoms with Crippen LogP contribution < -0.4 is 10.5 Å². The molecule has 0 radical (unpaired) electrons. The number of H-pyrrole nitrogens is 1. The van der Waals surface area contributed by atoms with E-state index in [2.05, 4.69) is 9.71 Å². The second-order valence-corrected chi connectivity index (χ2v) is 7.54. The molecular formula is C17H17N3O4S. The minimum absolute atomic E-state index is 0.153. The second-order valence-electron chi connectivity index (χ2n) is 5.86. The van der Waals surface area contributed by atoms with E-state index in [1.165, 1.54) is 13.0 Å². The fourth-order valence-corrected chi connectivity index (χ4v) is 3.80. The zero-order chi connectivity index (χ0) is 18.4. The summed E-state index contributed by atoms with van der Waals surface area (Å²) in [4.78, 5) is 14.4. The second kappa shape index (κ2) is 5.82. The predicted molar refractivity (Wildman–Crippen MR) is 95.2 cm³/mol. The molecule has 25 heavy (non-hydrogen) atoms. The lowest BCUT2D eigenvalue weighted by atomic mass is 10.1. The first-order chi connectivity index (χ1) is 11.7. The molecular weight excluding hydrogens is 342 g/mol. The van der Waals surface area contributed by atoms with Crippen LogP contribution in [0.15, 0.2) is 41.3 Å². The van der Waals surface area contributed by atoms with Gasteiger partial charge in [-0.25, -0.2) is 8.42 Å². The molecule has 3 rings (SSSR count). The Balaban J connectivity index is 2.02. The maximum Gasteiger partial charge on any atom is 0.261 e. The molecule has 3 aromatic rings. The van der Waals surface area contributed by atoms with Crippen LogP contribution in [0.2, 0.25) is 0 Å². The number of primary amides is 1. The quantitative estimate of drug-likeness (QED) is 0.570. The van der Waals surface area contributed by atoms with Crippen molar-refractivity contribution in [3.63, 3.8) is 0 Å². The molecule has 0 aliphatic carbocycles. The largest absolute Gasteiger partial charge is 0.507 e. The third-order valence-electron chi connectivity index (χ3n) is 3.86. The van der Waals surface area contributed by atoms with Gasteiger partial charge in [-0.1, -0.05) is 6.07 Å². The molecule has 0 unspecified atom stereocenters. The van der Waals surface area contributed by atoms with Gasteiger partial charge in [0, 0.05) is 11.2 Å². The van der Waals surface area contributed by atoms with E-state index in [0.717, 1.165) is 22.7 Å². The molecule has 7 nitrogen and oxygen atoms in total. The summed E-state index contributed by atoms with van der Waals surface area (Å²) in [5, 5.41) is 10.8. The zero-order valence-corrected chi connectivity index (χ0v) is 14.4. The van der Waals surface area contributed by atoms with Crippen molar-refractivity contribution in [1.29, 1.82) is 0 Å². The summed E-state index contributed by atoms with van der Waals surface area (Å²) in [5.74, 6) is -1.23. The van der Waals surface area contributed by atoms with Crippen LogP contribution in [0.1, 0.15) is 21.6 Å². The van der Waals surface area contributed by atoms with E-state index < -0.39 is 15.9 Å². The molecule has 0 aliphatic heterocycles. The first-order valence-corrected chi connectivity index (χ1v) is 8.91. The van der Waals surface area contributed by atoms with Gasteiger partial charge in [-0.2, -0.15) is 0 Å². The van der Waals surface area contributed by atoms with Crippen LogP contribution in [-0.4, -0.2) is 24.4 Å². The predicted octanol–water partition coefficient (Wildman–Crippen LogP) is 2.39. The highest BCUT2D eigenvalue weighted by atomic mass is 32.2. The third-order valence-corrected chi connectivity index (χ3v) is 5.22. The van der Waals surface area contributed by atoms with Crippen LogP contribution >= 0.6 is 0 Å². The summed E-state index contributed by atoms with van der Waals surface area (Å²) < 4.78 is 27.7. The van der Waals surface area contributed by atoms with Gasteiger partial charge in [-0.15, -0.1) is 0 Å². The normalized spacial score (nSPS) is 11.6. The number of aromatic amines is 1. The van der Waals surface area contributed by atoms with Gasteiger partial charge >= 0.3 is 0 Å². The first-order valence-electron chi connectivity index (χ1n) is 7.43. The SMILES string of the molecule is Cc1cc2ccc(NS(=O)(=O)c3cc(C)c(O)c(C(N)=O)c3)cc2[nH]1. The van der Waals surface area contributed by atoms with Gasteiger partial charge in [0.25, 0.3) is 15.9 Å². The summed E-state index contributed by atoms with van der Waals surface area (Å²) in [6.07, 6.45) is 0. The number of hydrogen-bond acceptors (Lipinski definition) is 4. The summed E-state index contributed by atoms with van der Waals surface area (Å²) in [6.45, 7) is 3.41. The molecule has 0 bridgehead atoms. The van der Waals surface area contributed by atoms with Crippen LogP contribution in [0.25, 0.3) is 10.9 Å². The fraction of sp³-hybridized carbons (Fsp3) is 0.118. The van der Waals surface area contributed by atoms with E-state index in [0.29, 0.717) is 5.69 Å². The number of fused-ring (bicyclic) bond motifs is 1. The van der Waals surface area contributed by atoms with Crippen molar-refractivity contribution in [2.45, 2.75) is 18.7 Å². The van der Waals surface area contributed by atoms with E-state index in [1.807, 2.05) is 13.0 Å². The highest BCUT2D eigenvalue weighted by Gasteiger charge is 2.20. The van der Waals surface area contributed by atoms with Gasteiger partial charge < -0.3 is 15.8 Å². The highest BCUT2D eigenvalue weighted by molar-refractivity contribution is 7.92. The Labute approximate surface area is 144 Å². The minimum atomic E-state index is -3.95. The van der Waals surface area contributed by atoms with E-state index >= 15 is 0 Å². The summed E-state index contributed by atoms with van der Waals surface area (Å²) in [7, 11) is -3.95. The number of amides is 1. The molecule has 0 fully saturated rings. The van der Waals surface area contributed by atoms with Crippen molar-refractivity contribution in [1.82, 2.24) is 4.98 Å². The van der Waals surface area contributed by atoms with Gasteiger partial charge in [-0.3, -0.25) is 9.52 Å². The standard InChI is InChI=1S/C17H17N3O4S/c1-9-5-13(8-14(16(9)21)17(18)22)25(23,24)20-12-4-3-11-6-10(2)19-15(11)7-12/h3-8,19-21H,1-2H3,(H2,18,22). The number of sulfonamides is 1. The number of phenols is 1. The molecule has 130 valence electrons. The molecule has 1 heterocycles. The topological polar surface area (TPSA) is 125 Å². The van der Waals surface area contributed by atoms with Gasteiger partial charge in [0.15, 0.2) is 0 Å².